The minimum absolute atomic E-state index is 0. The van der Waals surface area contributed by atoms with Gasteiger partial charge in [0.05, 0.1) is 14.4 Å². The molecule has 1 saturated heterocycles. The number of rotatable bonds is 4. The molecular weight excluding hydrogens is 358 g/mol. The molecule has 1 aromatic heterocycles. The molecular formula is C9H11N2Na2O9P. The van der Waals surface area contributed by atoms with Crippen molar-refractivity contribution in [1.82, 2.24) is 9.55 Å². The first kappa shape index (κ1) is 23.7. The molecule has 14 heteroatoms. The van der Waals surface area contributed by atoms with E-state index in [1.807, 2.05) is 4.98 Å². The minimum atomic E-state index is -5.48. The second-order valence-corrected chi connectivity index (χ2v) is 5.38. The van der Waals surface area contributed by atoms with E-state index >= 15 is 0 Å². The van der Waals surface area contributed by atoms with Gasteiger partial charge in [0.25, 0.3) is 5.56 Å². The number of nitrogens with one attached hydrogen (secondary N) is 1. The molecule has 0 saturated carbocycles. The van der Waals surface area contributed by atoms with Crippen LogP contribution in [0, 0.1) is 0 Å². The summed E-state index contributed by atoms with van der Waals surface area (Å²) in [5.41, 5.74) is -1.66. The summed E-state index contributed by atoms with van der Waals surface area (Å²) in [6.07, 6.45) is -5.17. The van der Waals surface area contributed by atoms with Gasteiger partial charge < -0.3 is 33.8 Å². The van der Waals surface area contributed by atoms with Crippen molar-refractivity contribution >= 4 is 7.82 Å². The van der Waals surface area contributed by atoms with Gasteiger partial charge in [-0.3, -0.25) is 14.3 Å². The van der Waals surface area contributed by atoms with Crippen LogP contribution in [-0.4, -0.2) is 44.7 Å². The van der Waals surface area contributed by atoms with Crippen LogP contribution in [-0.2, 0) is 13.8 Å². The van der Waals surface area contributed by atoms with Gasteiger partial charge in [-0.2, -0.15) is 0 Å². The maximum absolute atomic E-state index is 11.6. The van der Waals surface area contributed by atoms with Gasteiger partial charge in [-0.25, -0.2) is 4.79 Å². The van der Waals surface area contributed by atoms with E-state index in [1.54, 1.807) is 0 Å². The molecule has 3 N–H and O–H groups in total. The minimum Gasteiger partial charge on any atom is -0.790 e. The Labute approximate surface area is 173 Å². The molecule has 11 nitrogen and oxygen atoms in total. The van der Waals surface area contributed by atoms with Crippen LogP contribution in [0.2, 0.25) is 0 Å². The second-order valence-electron chi connectivity index (χ2n) is 4.27. The molecule has 1 fully saturated rings. The molecule has 0 unspecified atom stereocenters. The number of aliphatic hydroxyl groups excluding tert-OH is 2. The Morgan fingerprint density at radius 1 is 1.39 bits per heavy atom. The number of aromatic amines is 1. The molecule has 0 spiro atoms. The first-order valence-electron chi connectivity index (χ1n) is 5.69. The summed E-state index contributed by atoms with van der Waals surface area (Å²) in [6.45, 7) is -0.697. The van der Waals surface area contributed by atoms with Crippen LogP contribution in [0.4, 0.5) is 0 Å². The monoisotopic (exact) mass is 369 g/mol. The number of ether oxygens (including phenoxy) is 1. The van der Waals surface area contributed by atoms with Crippen LogP contribution in [0.5, 0.6) is 0 Å². The van der Waals surface area contributed by atoms with Crippen molar-refractivity contribution in [3.63, 3.8) is 0 Å². The maximum atomic E-state index is 11.6. The van der Waals surface area contributed by atoms with Crippen molar-refractivity contribution in [3.05, 3.63) is 33.1 Å². The molecule has 23 heavy (non-hydrogen) atoms. The van der Waals surface area contributed by atoms with Crippen molar-refractivity contribution in [2.75, 3.05) is 6.61 Å². The quantitative estimate of drug-likeness (QED) is 0.343. The summed E-state index contributed by atoms with van der Waals surface area (Å²) in [5.74, 6) is 0. The Morgan fingerprint density at radius 3 is 2.48 bits per heavy atom. The van der Waals surface area contributed by atoms with Gasteiger partial charge in [-0.15, -0.1) is 0 Å². The number of phosphoric ester groups is 1. The van der Waals surface area contributed by atoms with Crippen molar-refractivity contribution < 1.29 is 92.9 Å². The van der Waals surface area contributed by atoms with Crippen molar-refractivity contribution in [1.29, 1.82) is 0 Å². The van der Waals surface area contributed by atoms with Gasteiger partial charge >= 0.3 is 64.8 Å². The fourth-order valence-electron chi connectivity index (χ4n) is 1.98. The summed E-state index contributed by atoms with van der Waals surface area (Å²) < 4.78 is 20.8. The molecule has 0 amide bonds. The van der Waals surface area contributed by atoms with E-state index in [2.05, 4.69) is 4.52 Å². The summed E-state index contributed by atoms with van der Waals surface area (Å²) in [5, 5.41) is 18.8. The van der Waals surface area contributed by atoms with Crippen molar-refractivity contribution in [2.45, 2.75) is 24.5 Å². The van der Waals surface area contributed by atoms with Crippen LogP contribution in [0.25, 0.3) is 0 Å². The second kappa shape index (κ2) is 9.39. The fourth-order valence-corrected chi connectivity index (χ4v) is 2.51. The van der Waals surface area contributed by atoms with Crippen LogP contribution in [0.1, 0.15) is 6.23 Å². The first-order valence-corrected chi connectivity index (χ1v) is 7.15. The van der Waals surface area contributed by atoms with E-state index in [0.717, 1.165) is 16.8 Å². The molecule has 0 aromatic carbocycles. The topological polar surface area (TPSA) is 177 Å². The van der Waals surface area contributed by atoms with Crippen LogP contribution >= 0.6 is 7.82 Å². The third-order valence-electron chi connectivity index (χ3n) is 2.87. The van der Waals surface area contributed by atoms with Gasteiger partial charge in [0.15, 0.2) is 6.23 Å². The number of nitrogens with zero attached hydrogens (tertiary/aromatic N) is 1. The molecule has 0 aliphatic carbocycles. The molecule has 118 valence electrons. The molecule has 1 aromatic rings. The summed E-state index contributed by atoms with van der Waals surface area (Å²) >= 11 is 0. The van der Waals surface area contributed by atoms with Crippen LogP contribution in [0.3, 0.4) is 0 Å². The number of aliphatic hydroxyl groups is 2. The Morgan fingerprint density at radius 2 is 2.00 bits per heavy atom. The van der Waals surface area contributed by atoms with E-state index in [9.17, 15) is 29.0 Å². The van der Waals surface area contributed by atoms with E-state index in [-0.39, 0.29) is 59.1 Å². The Balaban J connectivity index is 0.00000242. The summed E-state index contributed by atoms with van der Waals surface area (Å²) in [7, 11) is -5.48. The van der Waals surface area contributed by atoms with Gasteiger partial charge in [0.1, 0.15) is 18.3 Å². The SMILES string of the molecule is O=c1cc[15n]([C@@H]2O[C@H](CO)[C@@H](O)[C@H]2OP(=O)([O-])[O-])c(=O)[nH]1.[Na+].[Na+]. The van der Waals surface area contributed by atoms with E-state index in [0.29, 0.717) is 0 Å². The van der Waals surface area contributed by atoms with Gasteiger partial charge in [0.2, 0.25) is 0 Å². The van der Waals surface area contributed by atoms with Crippen molar-refractivity contribution in [3.8, 4) is 0 Å². The average molecular weight is 369 g/mol. The number of hydrogen-bond donors (Lipinski definition) is 3. The molecule has 4 atom stereocenters. The Bertz CT molecular complexity index is 673. The number of H-pyrrole nitrogens is 1. The third kappa shape index (κ3) is 5.86. The van der Waals surface area contributed by atoms with Gasteiger partial charge in [-0.1, -0.05) is 0 Å². The summed E-state index contributed by atoms with van der Waals surface area (Å²) in [4.78, 5) is 46.0. The van der Waals surface area contributed by atoms with E-state index in [1.165, 1.54) is 0 Å². The van der Waals surface area contributed by atoms with Gasteiger partial charge in [0, 0.05) is 12.3 Å². The van der Waals surface area contributed by atoms with E-state index in [4.69, 9.17) is 9.84 Å². The Kier molecular flexibility index (Phi) is 9.66. The van der Waals surface area contributed by atoms with Crippen LogP contribution < -0.4 is 80.2 Å². The fraction of sp³-hybridized carbons (Fsp3) is 0.556. The maximum Gasteiger partial charge on any atom is 1.00 e. The number of phosphoric acid groups is 1. The third-order valence-corrected chi connectivity index (χ3v) is 3.37. The molecule has 1 aliphatic rings. The largest absolute Gasteiger partial charge is 1.00 e. The standard InChI is InChI=1S/C9H13N2O9P.2Na/c12-3-4-6(14)7(20-21(16,17)18)8(19-4)11-2-1-5(13)10-9(11)15;;/h1-2,4,6-8,12,14H,3H2,(H,10,13,15)(H2,16,17,18);;/q;2*+1/p-2/t4-,6-,7-,8-;;/m1../s1/i11+1;;. The predicted octanol–water partition coefficient (Wildman–Crippen LogP) is -9.99. The smallest absolute Gasteiger partial charge is 0.790 e. The molecule has 2 heterocycles. The number of hydrogen-bond acceptors (Lipinski definition) is 9. The zero-order chi connectivity index (χ0) is 15.8. The van der Waals surface area contributed by atoms with Gasteiger partial charge in [-0.05, 0) is 0 Å². The Hall–Kier alpha value is 0.670. The average Bonchev–Trinajstić information content (AvgIpc) is 2.65. The molecule has 0 bridgehead atoms. The molecule has 0 radical (unpaired) electrons. The summed E-state index contributed by atoms with van der Waals surface area (Å²) in [6, 6.07) is 0.953. The van der Waals surface area contributed by atoms with E-state index < -0.39 is 50.2 Å². The predicted molar refractivity (Wildman–Crippen MR) is 60.8 cm³/mol. The normalized spacial score (nSPS) is 27.1. The first-order chi connectivity index (χ1) is 9.73. The molecule has 2 rings (SSSR count). The number of aromatic nitrogens is 2. The van der Waals surface area contributed by atoms with Crippen molar-refractivity contribution in [2.24, 2.45) is 0 Å². The zero-order valence-corrected chi connectivity index (χ0v) is 17.2. The van der Waals surface area contributed by atoms with Crippen LogP contribution in [0.15, 0.2) is 21.9 Å². The zero-order valence-electron chi connectivity index (χ0n) is 12.3. The molecule has 1 aliphatic heterocycles.